The number of nitro groups is 1. The highest BCUT2D eigenvalue weighted by Gasteiger charge is 2.08. The molecule has 0 aromatic heterocycles. The van der Waals surface area contributed by atoms with E-state index in [2.05, 4.69) is 11.3 Å². The van der Waals surface area contributed by atoms with Crippen LogP contribution in [-0.4, -0.2) is 17.5 Å². The highest BCUT2D eigenvalue weighted by atomic mass is 35.5. The first-order valence-corrected chi connectivity index (χ1v) is 6.05. The predicted molar refractivity (Wildman–Crippen MR) is 74.2 cm³/mol. The van der Waals surface area contributed by atoms with Crippen molar-refractivity contribution < 1.29 is 14.5 Å². The van der Waals surface area contributed by atoms with Gasteiger partial charge in [0.25, 0.3) is 5.69 Å². The van der Waals surface area contributed by atoms with Crippen LogP contribution in [0.2, 0.25) is 5.02 Å². The van der Waals surface area contributed by atoms with Gasteiger partial charge >= 0.3 is 5.97 Å². The molecular weight excluding hydrogens is 270 g/mol. The number of carbonyl (C=O) groups is 1. The van der Waals surface area contributed by atoms with Crippen LogP contribution in [0.5, 0.6) is 0 Å². The maximum Gasteiger partial charge on any atom is 0.333 e. The van der Waals surface area contributed by atoms with Crippen LogP contribution in [0.15, 0.2) is 36.4 Å². The molecule has 1 rings (SSSR count). The number of para-hydroxylation sites is 1. The third-order valence-electron chi connectivity index (χ3n) is 2.04. The van der Waals surface area contributed by atoms with Crippen LogP contribution in [-0.2, 0) is 9.53 Å². The molecule has 0 aliphatic carbocycles. The maximum absolute atomic E-state index is 10.7. The van der Waals surface area contributed by atoms with Crippen molar-refractivity contribution in [1.82, 2.24) is 0 Å². The van der Waals surface area contributed by atoms with E-state index in [9.17, 15) is 14.9 Å². The zero-order chi connectivity index (χ0) is 14.8. The van der Waals surface area contributed by atoms with Crippen LogP contribution in [0.25, 0.3) is 0 Å². The number of nitro benzene ring substituents is 1. The molecule has 0 amide bonds. The zero-order valence-corrected chi connectivity index (χ0v) is 11.6. The molecule has 0 aliphatic rings. The molecule has 19 heavy (non-hydrogen) atoms. The highest BCUT2D eigenvalue weighted by Crippen LogP contribution is 2.21. The number of esters is 1. The molecule has 1 aromatic rings. The number of rotatable bonds is 4. The van der Waals surface area contributed by atoms with Crippen molar-refractivity contribution in [2.45, 2.75) is 20.3 Å². The predicted octanol–water partition coefficient (Wildman–Crippen LogP) is 3.76. The monoisotopic (exact) mass is 285 g/mol. The fourth-order valence-corrected chi connectivity index (χ4v) is 1.18. The van der Waals surface area contributed by atoms with Gasteiger partial charge < -0.3 is 4.74 Å². The minimum Gasteiger partial charge on any atom is -0.463 e. The number of ether oxygens (including phenoxy) is 1. The summed E-state index contributed by atoms with van der Waals surface area (Å²) in [7, 11) is 0. The summed E-state index contributed by atoms with van der Waals surface area (Å²) in [4.78, 5) is 20.3. The van der Waals surface area contributed by atoms with Crippen LogP contribution in [0, 0.1) is 10.1 Å². The van der Waals surface area contributed by atoms with Gasteiger partial charge in [-0.05, 0) is 19.4 Å². The third kappa shape index (κ3) is 6.57. The first-order chi connectivity index (χ1) is 8.93. The minimum atomic E-state index is -0.512. The van der Waals surface area contributed by atoms with Crippen LogP contribution in [0.1, 0.15) is 20.3 Å². The van der Waals surface area contributed by atoms with Gasteiger partial charge in [0.1, 0.15) is 5.02 Å². The summed E-state index contributed by atoms with van der Waals surface area (Å²) < 4.78 is 4.66. The Kier molecular flexibility index (Phi) is 8.20. The molecule has 0 N–H and O–H groups in total. The van der Waals surface area contributed by atoms with E-state index in [0.29, 0.717) is 18.6 Å². The topological polar surface area (TPSA) is 69.4 Å². The summed E-state index contributed by atoms with van der Waals surface area (Å²) in [5.74, 6) is -0.278. The number of carbonyl (C=O) groups excluding carboxylic acids is 1. The SMILES string of the molecule is C=C(CC)C(=O)OCC.O=[N+]([O-])c1ccccc1Cl. The fourth-order valence-electron chi connectivity index (χ4n) is 0.977. The Bertz CT molecular complexity index is 460. The van der Waals surface area contributed by atoms with Gasteiger partial charge in [-0.15, -0.1) is 0 Å². The quantitative estimate of drug-likeness (QED) is 0.365. The Hall–Kier alpha value is -1.88. The van der Waals surface area contributed by atoms with Crippen molar-refractivity contribution >= 4 is 23.3 Å². The van der Waals surface area contributed by atoms with Gasteiger partial charge in [-0.25, -0.2) is 4.79 Å². The van der Waals surface area contributed by atoms with Gasteiger partial charge in [-0.2, -0.15) is 0 Å². The van der Waals surface area contributed by atoms with Crippen molar-refractivity contribution in [3.05, 3.63) is 51.6 Å². The Morgan fingerprint density at radius 3 is 2.37 bits per heavy atom. The summed E-state index contributed by atoms with van der Waals surface area (Å²) in [5, 5.41) is 10.3. The summed E-state index contributed by atoms with van der Waals surface area (Å²) in [6.07, 6.45) is 0.666. The number of halogens is 1. The lowest BCUT2D eigenvalue weighted by molar-refractivity contribution is -0.384. The maximum atomic E-state index is 10.7. The molecule has 0 bridgehead atoms. The van der Waals surface area contributed by atoms with Gasteiger partial charge in [0, 0.05) is 11.6 Å². The number of hydrogen-bond donors (Lipinski definition) is 0. The molecule has 0 saturated carbocycles. The first kappa shape index (κ1) is 17.1. The molecule has 0 aliphatic heterocycles. The Labute approximate surface area is 117 Å². The molecule has 104 valence electrons. The van der Waals surface area contributed by atoms with Crippen molar-refractivity contribution in [3.8, 4) is 0 Å². The first-order valence-electron chi connectivity index (χ1n) is 5.67. The molecule has 6 heteroatoms. The molecule has 0 unspecified atom stereocenters. The molecule has 1 aromatic carbocycles. The standard InChI is InChI=1S/C7H12O2.C6H4ClNO2/c1-4-6(3)7(8)9-5-2;7-5-3-1-2-4-6(5)8(9)10/h3-5H2,1-2H3;1-4H. The largest absolute Gasteiger partial charge is 0.463 e. The summed E-state index contributed by atoms with van der Waals surface area (Å²) in [5.41, 5.74) is 0.487. The van der Waals surface area contributed by atoms with E-state index in [-0.39, 0.29) is 16.7 Å². The number of benzene rings is 1. The minimum absolute atomic E-state index is 0.0517. The van der Waals surface area contributed by atoms with Crippen molar-refractivity contribution in [3.63, 3.8) is 0 Å². The Morgan fingerprint density at radius 1 is 1.42 bits per heavy atom. The van der Waals surface area contributed by atoms with E-state index in [4.69, 9.17) is 11.6 Å². The van der Waals surface area contributed by atoms with E-state index in [1.54, 1.807) is 19.1 Å². The van der Waals surface area contributed by atoms with E-state index in [1.807, 2.05) is 6.92 Å². The highest BCUT2D eigenvalue weighted by molar-refractivity contribution is 6.32. The van der Waals surface area contributed by atoms with Crippen LogP contribution in [0.4, 0.5) is 5.69 Å². The smallest absolute Gasteiger partial charge is 0.333 e. The summed E-state index contributed by atoms with van der Waals surface area (Å²) >= 11 is 5.48. The molecule has 0 spiro atoms. The molecule has 5 nitrogen and oxygen atoms in total. The Balaban J connectivity index is 0.000000344. The van der Waals surface area contributed by atoms with Crippen molar-refractivity contribution in [2.75, 3.05) is 6.61 Å². The molecule has 0 heterocycles. The van der Waals surface area contributed by atoms with E-state index in [0.717, 1.165) is 0 Å². The van der Waals surface area contributed by atoms with Gasteiger partial charge in [0.15, 0.2) is 0 Å². The average Bonchev–Trinajstić information content (AvgIpc) is 2.39. The lowest BCUT2D eigenvalue weighted by Gasteiger charge is -1.99. The van der Waals surface area contributed by atoms with E-state index < -0.39 is 4.92 Å². The van der Waals surface area contributed by atoms with Gasteiger partial charge in [0.05, 0.1) is 11.5 Å². The average molecular weight is 286 g/mol. The normalized spacial score (nSPS) is 9.00. The van der Waals surface area contributed by atoms with Crippen LogP contribution in [0.3, 0.4) is 0 Å². The second kappa shape index (κ2) is 9.10. The number of nitrogens with zero attached hydrogens (tertiary/aromatic N) is 1. The lowest BCUT2D eigenvalue weighted by atomic mass is 10.2. The lowest BCUT2D eigenvalue weighted by Crippen LogP contribution is -2.05. The number of hydrogen-bond acceptors (Lipinski definition) is 4. The molecule has 0 fully saturated rings. The summed E-state index contributed by atoms with van der Waals surface area (Å²) in [6, 6.07) is 6.07. The van der Waals surface area contributed by atoms with Gasteiger partial charge in [0.2, 0.25) is 0 Å². The van der Waals surface area contributed by atoms with E-state index in [1.165, 1.54) is 12.1 Å². The second-order valence-corrected chi connectivity index (χ2v) is 3.79. The molecule has 0 atom stereocenters. The van der Waals surface area contributed by atoms with Crippen LogP contribution >= 0.6 is 11.6 Å². The molecule has 0 saturated heterocycles. The van der Waals surface area contributed by atoms with Gasteiger partial charge in [-0.1, -0.05) is 37.2 Å². The molecule has 0 radical (unpaired) electrons. The molecular formula is C13H16ClNO4. The second-order valence-electron chi connectivity index (χ2n) is 3.39. The van der Waals surface area contributed by atoms with Gasteiger partial charge in [-0.3, -0.25) is 10.1 Å². The van der Waals surface area contributed by atoms with Crippen molar-refractivity contribution in [2.24, 2.45) is 0 Å². The van der Waals surface area contributed by atoms with E-state index >= 15 is 0 Å². The summed E-state index contributed by atoms with van der Waals surface area (Å²) in [6.45, 7) is 7.60. The fraction of sp³-hybridized carbons (Fsp3) is 0.308. The van der Waals surface area contributed by atoms with Crippen molar-refractivity contribution in [1.29, 1.82) is 0 Å². The van der Waals surface area contributed by atoms with Crippen LogP contribution < -0.4 is 0 Å². The third-order valence-corrected chi connectivity index (χ3v) is 2.36. The zero-order valence-electron chi connectivity index (χ0n) is 10.9. The Morgan fingerprint density at radius 2 is 2.00 bits per heavy atom.